The van der Waals surface area contributed by atoms with Gasteiger partial charge in [-0.05, 0) is 48.0 Å². The summed E-state index contributed by atoms with van der Waals surface area (Å²) in [6.07, 6.45) is 4.58. The van der Waals surface area contributed by atoms with E-state index in [4.69, 9.17) is 16.6 Å². The van der Waals surface area contributed by atoms with E-state index in [9.17, 15) is 0 Å². The van der Waals surface area contributed by atoms with Crippen LogP contribution in [-0.4, -0.2) is 22.2 Å². The van der Waals surface area contributed by atoms with Gasteiger partial charge >= 0.3 is 0 Å². The van der Waals surface area contributed by atoms with Gasteiger partial charge in [0.2, 0.25) is 0 Å². The first-order valence-electron chi connectivity index (χ1n) is 8.78. The van der Waals surface area contributed by atoms with Crippen LogP contribution < -0.4 is 4.90 Å². The number of thiazole rings is 1. The van der Waals surface area contributed by atoms with Gasteiger partial charge in [0.05, 0.1) is 10.2 Å². The molecule has 0 aliphatic carbocycles. The van der Waals surface area contributed by atoms with Gasteiger partial charge in [-0.2, -0.15) is 0 Å². The third-order valence-electron chi connectivity index (χ3n) is 5.62. The Morgan fingerprint density at radius 2 is 2.04 bits per heavy atom. The van der Waals surface area contributed by atoms with Crippen molar-refractivity contribution >= 4 is 56.7 Å². The standard InChI is InChI=1S/C21H19ClN2S2/c1-20(2)15-13-14(22)7-8-17(15)24-11-12-25-21(20,24)10-9-19-23-16-5-3-4-6-18(16)26-19/h3-10,13H,11-12H2,1-2H3/b10-9+. The molecule has 5 rings (SSSR count). The summed E-state index contributed by atoms with van der Waals surface area (Å²) in [5, 5.41) is 1.88. The number of halogens is 1. The third kappa shape index (κ3) is 2.22. The van der Waals surface area contributed by atoms with Crippen LogP contribution in [0, 0.1) is 0 Å². The average Bonchev–Trinajstić information content (AvgIpc) is 3.27. The van der Waals surface area contributed by atoms with Crippen molar-refractivity contribution in [1.82, 2.24) is 4.98 Å². The zero-order valence-electron chi connectivity index (χ0n) is 14.7. The van der Waals surface area contributed by atoms with E-state index in [-0.39, 0.29) is 10.3 Å². The van der Waals surface area contributed by atoms with Gasteiger partial charge in [-0.15, -0.1) is 23.1 Å². The summed E-state index contributed by atoms with van der Waals surface area (Å²) in [5.41, 5.74) is 3.71. The lowest BCUT2D eigenvalue weighted by molar-refractivity contribution is 0.454. The molecule has 0 bridgehead atoms. The Balaban J connectivity index is 1.60. The number of nitrogens with zero attached hydrogens (tertiary/aromatic N) is 2. The predicted octanol–water partition coefficient (Wildman–Crippen LogP) is 6.20. The van der Waals surface area contributed by atoms with Gasteiger partial charge < -0.3 is 4.90 Å². The summed E-state index contributed by atoms with van der Waals surface area (Å²) in [6, 6.07) is 14.7. The maximum absolute atomic E-state index is 6.32. The van der Waals surface area contributed by atoms with Crippen LogP contribution in [0.1, 0.15) is 24.4 Å². The van der Waals surface area contributed by atoms with Crippen LogP contribution in [0.2, 0.25) is 5.02 Å². The normalized spacial score (nSPS) is 23.7. The maximum Gasteiger partial charge on any atom is 0.117 e. The fourth-order valence-electron chi connectivity index (χ4n) is 4.28. The topological polar surface area (TPSA) is 16.1 Å². The molecule has 1 fully saturated rings. The summed E-state index contributed by atoms with van der Waals surface area (Å²) >= 11 is 10.1. The molecule has 1 unspecified atom stereocenters. The fraction of sp³-hybridized carbons (Fsp3) is 0.286. The Labute approximate surface area is 166 Å². The molecule has 132 valence electrons. The Hall–Kier alpha value is -1.49. The van der Waals surface area contributed by atoms with Gasteiger partial charge in [0, 0.05) is 28.4 Å². The third-order valence-corrected chi connectivity index (χ3v) is 8.55. The van der Waals surface area contributed by atoms with Crippen molar-refractivity contribution in [3.8, 4) is 0 Å². The smallest absolute Gasteiger partial charge is 0.117 e. The number of aromatic nitrogens is 1. The Morgan fingerprint density at radius 1 is 1.19 bits per heavy atom. The highest BCUT2D eigenvalue weighted by atomic mass is 35.5. The van der Waals surface area contributed by atoms with Gasteiger partial charge in [0.1, 0.15) is 9.88 Å². The molecular weight excluding hydrogens is 380 g/mol. The monoisotopic (exact) mass is 398 g/mol. The van der Waals surface area contributed by atoms with Gasteiger partial charge in [0.15, 0.2) is 0 Å². The largest absolute Gasteiger partial charge is 0.352 e. The van der Waals surface area contributed by atoms with Crippen LogP contribution in [-0.2, 0) is 5.41 Å². The minimum Gasteiger partial charge on any atom is -0.352 e. The van der Waals surface area contributed by atoms with Crippen LogP contribution in [0.25, 0.3) is 16.3 Å². The second-order valence-corrected chi connectivity index (χ2v) is 10.2. The van der Waals surface area contributed by atoms with Crippen molar-refractivity contribution in [2.45, 2.75) is 24.1 Å². The zero-order chi connectivity index (χ0) is 17.9. The second kappa shape index (κ2) is 5.75. The first-order chi connectivity index (χ1) is 12.5. The molecule has 1 aromatic heterocycles. The van der Waals surface area contributed by atoms with Crippen molar-refractivity contribution in [3.05, 3.63) is 64.1 Å². The summed E-state index contributed by atoms with van der Waals surface area (Å²) in [7, 11) is 0. The molecule has 0 N–H and O–H groups in total. The van der Waals surface area contributed by atoms with E-state index < -0.39 is 0 Å². The van der Waals surface area contributed by atoms with E-state index in [1.54, 1.807) is 11.3 Å². The highest BCUT2D eigenvalue weighted by Crippen LogP contribution is 2.60. The number of para-hydroxylation sites is 1. The molecule has 1 atom stereocenters. The lowest BCUT2D eigenvalue weighted by Gasteiger charge is -2.40. The van der Waals surface area contributed by atoms with E-state index in [2.05, 4.69) is 61.2 Å². The van der Waals surface area contributed by atoms with E-state index in [0.717, 1.165) is 27.8 Å². The maximum atomic E-state index is 6.32. The molecule has 2 aliphatic heterocycles. The molecule has 3 aromatic rings. The zero-order valence-corrected chi connectivity index (χ0v) is 17.1. The summed E-state index contributed by atoms with van der Waals surface area (Å²) < 4.78 is 1.24. The molecule has 2 nitrogen and oxygen atoms in total. The number of thioether (sulfide) groups is 1. The molecule has 26 heavy (non-hydrogen) atoms. The van der Waals surface area contributed by atoms with Gasteiger partial charge in [0.25, 0.3) is 0 Å². The molecule has 2 aliphatic rings. The average molecular weight is 399 g/mol. The van der Waals surface area contributed by atoms with E-state index in [0.29, 0.717) is 0 Å². The molecule has 3 heterocycles. The first-order valence-corrected chi connectivity index (χ1v) is 11.0. The van der Waals surface area contributed by atoms with Crippen molar-refractivity contribution in [3.63, 3.8) is 0 Å². The molecule has 0 saturated carbocycles. The number of benzene rings is 2. The highest BCUT2D eigenvalue weighted by Gasteiger charge is 2.58. The Kier molecular flexibility index (Phi) is 3.69. The molecule has 1 saturated heterocycles. The molecule has 5 heteroatoms. The molecule has 0 radical (unpaired) electrons. The summed E-state index contributed by atoms with van der Waals surface area (Å²) in [4.78, 5) is 7.24. The van der Waals surface area contributed by atoms with Gasteiger partial charge in [-0.3, -0.25) is 0 Å². The first kappa shape index (κ1) is 16.7. The Bertz CT molecular complexity index is 1010. The van der Waals surface area contributed by atoms with Crippen molar-refractivity contribution in [2.24, 2.45) is 0 Å². The molecule has 0 amide bonds. The second-order valence-electron chi connectivity index (χ2n) is 7.34. The lowest BCUT2D eigenvalue weighted by Crippen LogP contribution is -2.48. The van der Waals surface area contributed by atoms with Crippen molar-refractivity contribution in [2.75, 3.05) is 17.2 Å². The van der Waals surface area contributed by atoms with Crippen LogP contribution in [0.5, 0.6) is 0 Å². The number of rotatable bonds is 2. The van der Waals surface area contributed by atoms with Gasteiger partial charge in [-0.1, -0.05) is 37.6 Å². The van der Waals surface area contributed by atoms with Crippen LogP contribution in [0.3, 0.4) is 0 Å². The number of hydrogen-bond donors (Lipinski definition) is 0. The minimum absolute atomic E-state index is 0.0262. The minimum atomic E-state index is -0.0854. The van der Waals surface area contributed by atoms with E-state index in [1.165, 1.54) is 16.0 Å². The van der Waals surface area contributed by atoms with Crippen LogP contribution in [0.4, 0.5) is 5.69 Å². The van der Waals surface area contributed by atoms with E-state index in [1.807, 2.05) is 23.9 Å². The van der Waals surface area contributed by atoms with E-state index >= 15 is 0 Å². The van der Waals surface area contributed by atoms with Crippen molar-refractivity contribution in [1.29, 1.82) is 0 Å². The number of fused-ring (bicyclic) bond motifs is 4. The molecule has 2 aromatic carbocycles. The van der Waals surface area contributed by atoms with Gasteiger partial charge in [-0.25, -0.2) is 4.98 Å². The number of anilines is 1. The van der Waals surface area contributed by atoms with Crippen molar-refractivity contribution < 1.29 is 0 Å². The quantitative estimate of drug-likeness (QED) is 0.511. The fourth-order valence-corrected chi connectivity index (χ4v) is 6.89. The Morgan fingerprint density at radius 3 is 2.88 bits per heavy atom. The lowest BCUT2D eigenvalue weighted by atomic mass is 9.79. The predicted molar refractivity (Wildman–Crippen MR) is 116 cm³/mol. The molecular formula is C21H19ClN2S2. The van der Waals surface area contributed by atoms with Crippen LogP contribution >= 0.6 is 34.7 Å². The SMILES string of the molecule is CC1(C)c2cc(Cl)ccc2N2CCSC21/C=C/c1nc2ccccc2s1. The highest BCUT2D eigenvalue weighted by molar-refractivity contribution is 8.01. The van der Waals surface area contributed by atoms with Crippen LogP contribution in [0.15, 0.2) is 48.5 Å². The molecule has 0 spiro atoms. The number of hydrogen-bond acceptors (Lipinski definition) is 4. The summed E-state index contributed by atoms with van der Waals surface area (Å²) in [6.45, 7) is 5.74. The summed E-state index contributed by atoms with van der Waals surface area (Å²) in [5.74, 6) is 1.13.